The van der Waals surface area contributed by atoms with Crippen molar-refractivity contribution < 1.29 is 5.11 Å². The van der Waals surface area contributed by atoms with Gasteiger partial charge in [-0.2, -0.15) is 0 Å². The first-order chi connectivity index (χ1) is 6.31. The number of aromatic nitrogens is 2. The van der Waals surface area contributed by atoms with E-state index in [2.05, 4.69) is 9.97 Å². The van der Waals surface area contributed by atoms with Crippen LogP contribution >= 0.6 is 0 Å². The summed E-state index contributed by atoms with van der Waals surface area (Å²) in [5, 5.41) is 10.1. The highest BCUT2D eigenvalue weighted by Crippen LogP contribution is 2.19. The largest absolute Gasteiger partial charge is 0.508 e. The van der Waals surface area contributed by atoms with E-state index in [-0.39, 0.29) is 5.75 Å². The quantitative estimate of drug-likeness (QED) is 0.672. The van der Waals surface area contributed by atoms with E-state index in [4.69, 9.17) is 5.73 Å². The van der Waals surface area contributed by atoms with Gasteiger partial charge in [0.25, 0.3) is 0 Å². The van der Waals surface area contributed by atoms with Gasteiger partial charge < -0.3 is 10.8 Å². The number of hydrogen-bond acceptors (Lipinski definition) is 4. The van der Waals surface area contributed by atoms with Crippen LogP contribution in [-0.2, 0) is 6.54 Å². The first kappa shape index (κ1) is 7.94. The number of aromatic hydroxyl groups is 1. The second-order valence-corrected chi connectivity index (χ2v) is 2.73. The zero-order valence-corrected chi connectivity index (χ0v) is 6.94. The zero-order valence-electron chi connectivity index (χ0n) is 6.94. The average Bonchev–Trinajstić information content (AvgIpc) is 2.16. The molecule has 0 saturated heterocycles. The Morgan fingerprint density at radius 2 is 2.15 bits per heavy atom. The van der Waals surface area contributed by atoms with Crippen molar-refractivity contribution in [3.8, 4) is 5.75 Å². The summed E-state index contributed by atoms with van der Waals surface area (Å²) in [6, 6.07) is 4.97. The lowest BCUT2D eigenvalue weighted by molar-refractivity contribution is 0.476. The molecule has 0 atom stereocenters. The fraction of sp³-hybridized carbons (Fsp3) is 0.111. The summed E-state index contributed by atoms with van der Waals surface area (Å²) in [7, 11) is 0. The fourth-order valence-corrected chi connectivity index (χ4v) is 1.26. The van der Waals surface area contributed by atoms with Crippen LogP contribution < -0.4 is 5.73 Å². The van der Waals surface area contributed by atoms with E-state index in [9.17, 15) is 5.11 Å². The van der Waals surface area contributed by atoms with Crippen molar-refractivity contribution in [1.82, 2.24) is 9.97 Å². The molecular formula is C9H9N3O. The molecule has 3 N–H and O–H groups in total. The molecule has 1 heterocycles. The van der Waals surface area contributed by atoms with Gasteiger partial charge in [-0.3, -0.25) is 0 Å². The number of fused-ring (bicyclic) bond motifs is 1. The maximum atomic E-state index is 9.20. The van der Waals surface area contributed by atoms with Gasteiger partial charge in [0, 0.05) is 18.0 Å². The van der Waals surface area contributed by atoms with E-state index in [0.717, 1.165) is 16.6 Å². The Morgan fingerprint density at radius 3 is 2.92 bits per heavy atom. The molecule has 1 aromatic heterocycles. The van der Waals surface area contributed by atoms with Crippen LogP contribution in [0, 0.1) is 0 Å². The molecule has 13 heavy (non-hydrogen) atoms. The first-order valence-electron chi connectivity index (χ1n) is 3.94. The summed E-state index contributed by atoms with van der Waals surface area (Å²) >= 11 is 0. The molecule has 1 aromatic carbocycles. The van der Waals surface area contributed by atoms with Crippen LogP contribution in [0.1, 0.15) is 5.69 Å². The zero-order chi connectivity index (χ0) is 9.26. The molecule has 0 aliphatic heterocycles. The summed E-state index contributed by atoms with van der Waals surface area (Å²) < 4.78 is 0. The maximum Gasteiger partial charge on any atom is 0.117 e. The molecule has 2 rings (SSSR count). The van der Waals surface area contributed by atoms with Crippen LogP contribution in [0.5, 0.6) is 5.75 Å². The van der Waals surface area contributed by atoms with Crippen molar-refractivity contribution in [2.75, 3.05) is 0 Å². The number of nitrogens with two attached hydrogens (primary N) is 1. The molecule has 0 spiro atoms. The highest BCUT2D eigenvalue weighted by Gasteiger charge is 2.01. The highest BCUT2D eigenvalue weighted by molar-refractivity contribution is 5.81. The lowest BCUT2D eigenvalue weighted by atomic mass is 10.2. The highest BCUT2D eigenvalue weighted by atomic mass is 16.3. The SMILES string of the molecule is NCc1ncnc2cc(O)ccc12. The summed E-state index contributed by atoms with van der Waals surface area (Å²) in [6.45, 7) is 0.379. The molecule has 66 valence electrons. The third-order valence-corrected chi connectivity index (χ3v) is 1.90. The van der Waals surface area contributed by atoms with E-state index >= 15 is 0 Å². The van der Waals surface area contributed by atoms with Crippen molar-refractivity contribution in [2.45, 2.75) is 6.54 Å². The molecular weight excluding hydrogens is 166 g/mol. The third kappa shape index (κ3) is 1.31. The minimum Gasteiger partial charge on any atom is -0.508 e. The molecule has 0 fully saturated rings. The fourth-order valence-electron chi connectivity index (χ4n) is 1.26. The molecule has 0 aliphatic rings. The van der Waals surface area contributed by atoms with Crippen molar-refractivity contribution in [2.24, 2.45) is 5.73 Å². The smallest absolute Gasteiger partial charge is 0.117 e. The third-order valence-electron chi connectivity index (χ3n) is 1.90. The topological polar surface area (TPSA) is 72.0 Å². The monoisotopic (exact) mass is 175 g/mol. The van der Waals surface area contributed by atoms with Gasteiger partial charge in [0.15, 0.2) is 0 Å². The van der Waals surface area contributed by atoms with Crippen LogP contribution in [-0.4, -0.2) is 15.1 Å². The predicted octanol–water partition coefficient (Wildman–Crippen LogP) is 0.794. The van der Waals surface area contributed by atoms with E-state index < -0.39 is 0 Å². The lowest BCUT2D eigenvalue weighted by Crippen LogP contribution is -2.00. The van der Waals surface area contributed by atoms with E-state index in [1.165, 1.54) is 6.33 Å². The summed E-state index contributed by atoms with van der Waals surface area (Å²) in [6.07, 6.45) is 1.45. The number of benzene rings is 1. The van der Waals surface area contributed by atoms with Gasteiger partial charge in [-0.15, -0.1) is 0 Å². The molecule has 0 aliphatic carbocycles. The molecule has 0 radical (unpaired) electrons. The van der Waals surface area contributed by atoms with Crippen molar-refractivity contribution in [1.29, 1.82) is 0 Å². The van der Waals surface area contributed by atoms with Crippen LogP contribution in [0.25, 0.3) is 10.9 Å². The molecule has 0 bridgehead atoms. The van der Waals surface area contributed by atoms with Crippen molar-refractivity contribution in [3.63, 3.8) is 0 Å². The Labute approximate surface area is 75.1 Å². The van der Waals surface area contributed by atoms with Crippen LogP contribution in [0.4, 0.5) is 0 Å². The summed E-state index contributed by atoms with van der Waals surface area (Å²) in [4.78, 5) is 8.06. The molecule has 0 saturated carbocycles. The lowest BCUT2D eigenvalue weighted by Gasteiger charge is -2.01. The van der Waals surface area contributed by atoms with E-state index in [1.54, 1.807) is 18.2 Å². The minimum atomic E-state index is 0.203. The Morgan fingerprint density at radius 1 is 1.31 bits per heavy atom. The van der Waals surface area contributed by atoms with E-state index in [1.807, 2.05) is 0 Å². The average molecular weight is 175 g/mol. The number of rotatable bonds is 1. The Hall–Kier alpha value is -1.68. The molecule has 4 nitrogen and oxygen atoms in total. The Bertz CT molecular complexity index is 442. The van der Waals surface area contributed by atoms with Gasteiger partial charge in [0.1, 0.15) is 12.1 Å². The van der Waals surface area contributed by atoms with Gasteiger partial charge in [-0.25, -0.2) is 9.97 Å². The molecule has 4 heteroatoms. The first-order valence-corrected chi connectivity index (χ1v) is 3.94. The number of nitrogens with zero attached hydrogens (tertiary/aromatic N) is 2. The van der Waals surface area contributed by atoms with E-state index in [0.29, 0.717) is 6.54 Å². The molecule has 0 unspecified atom stereocenters. The molecule has 0 amide bonds. The second kappa shape index (κ2) is 2.99. The van der Waals surface area contributed by atoms with Gasteiger partial charge in [-0.1, -0.05) is 0 Å². The second-order valence-electron chi connectivity index (χ2n) is 2.73. The number of phenolic OH excluding ortho intramolecular Hbond substituents is 1. The molecule has 2 aromatic rings. The van der Waals surface area contributed by atoms with Gasteiger partial charge in [-0.05, 0) is 12.1 Å². The number of hydrogen-bond donors (Lipinski definition) is 2. The predicted molar refractivity (Wildman–Crippen MR) is 49.1 cm³/mol. The summed E-state index contributed by atoms with van der Waals surface area (Å²) in [5.41, 5.74) is 7.02. The Kier molecular flexibility index (Phi) is 1.83. The van der Waals surface area contributed by atoms with Crippen molar-refractivity contribution >= 4 is 10.9 Å². The maximum absolute atomic E-state index is 9.20. The Balaban J connectivity index is 2.77. The number of phenols is 1. The minimum absolute atomic E-state index is 0.203. The summed E-state index contributed by atoms with van der Waals surface area (Å²) in [5.74, 6) is 0.203. The van der Waals surface area contributed by atoms with Crippen LogP contribution in [0.15, 0.2) is 24.5 Å². The van der Waals surface area contributed by atoms with Crippen molar-refractivity contribution in [3.05, 3.63) is 30.2 Å². The normalized spacial score (nSPS) is 10.5. The van der Waals surface area contributed by atoms with Gasteiger partial charge >= 0.3 is 0 Å². The van der Waals surface area contributed by atoms with Crippen LogP contribution in [0.2, 0.25) is 0 Å². The van der Waals surface area contributed by atoms with Gasteiger partial charge in [0.05, 0.1) is 11.2 Å². The van der Waals surface area contributed by atoms with Gasteiger partial charge in [0.2, 0.25) is 0 Å². The van der Waals surface area contributed by atoms with Crippen LogP contribution in [0.3, 0.4) is 0 Å². The standard InChI is InChI=1S/C9H9N3O/c10-4-9-7-2-1-6(13)3-8(7)11-5-12-9/h1-3,5,13H,4,10H2.